The van der Waals surface area contributed by atoms with Crippen molar-refractivity contribution in [1.82, 2.24) is 9.97 Å². The molecule has 0 saturated heterocycles. The van der Waals surface area contributed by atoms with E-state index in [2.05, 4.69) is 9.97 Å². The molecule has 1 N–H and O–H groups in total. The topological polar surface area (TPSA) is 72.3 Å². The highest BCUT2D eigenvalue weighted by atomic mass is 19.1. The number of hydrogen-bond donors (Lipinski definition) is 1. The Kier molecular flexibility index (Phi) is 3.18. The summed E-state index contributed by atoms with van der Waals surface area (Å²) in [6, 6.07) is 4.19. The minimum atomic E-state index is -1.31. The second-order valence-corrected chi connectivity index (χ2v) is 3.55. The molecule has 0 fully saturated rings. The Hall–Kier alpha value is -2.50. The summed E-state index contributed by atoms with van der Waals surface area (Å²) in [4.78, 5) is 18.5. The molecule has 0 spiro atoms. The number of aryl methyl sites for hydroxylation is 1. The van der Waals surface area contributed by atoms with E-state index in [1.807, 2.05) is 6.92 Å². The van der Waals surface area contributed by atoms with Crippen LogP contribution in [-0.2, 0) is 0 Å². The van der Waals surface area contributed by atoms with E-state index in [0.717, 1.165) is 18.0 Å². The molecule has 0 radical (unpaired) electrons. The molecule has 0 bridgehead atoms. The summed E-state index contributed by atoms with van der Waals surface area (Å²) >= 11 is 0. The smallest absolute Gasteiger partial charge is 0.341 e. The molecule has 2 aromatic heterocycles. The van der Waals surface area contributed by atoms with Gasteiger partial charge in [-0.3, -0.25) is 4.98 Å². The summed E-state index contributed by atoms with van der Waals surface area (Å²) in [5.41, 5.74) is 0.462. The number of carbonyl (C=O) groups is 1. The van der Waals surface area contributed by atoms with Crippen molar-refractivity contribution >= 4 is 5.97 Å². The number of aromatic nitrogens is 2. The van der Waals surface area contributed by atoms with Gasteiger partial charge in [-0.1, -0.05) is 0 Å². The number of carboxylic acid groups (broad SMARTS) is 1. The fraction of sp³-hybridized carbons (Fsp3) is 0.0833. The second-order valence-electron chi connectivity index (χ2n) is 3.55. The van der Waals surface area contributed by atoms with Gasteiger partial charge >= 0.3 is 5.97 Å². The number of halogens is 1. The summed E-state index contributed by atoms with van der Waals surface area (Å²) in [5.74, 6) is -1.88. The van der Waals surface area contributed by atoms with Gasteiger partial charge in [0, 0.05) is 5.69 Å². The number of hydrogen-bond acceptors (Lipinski definition) is 4. The van der Waals surface area contributed by atoms with E-state index in [9.17, 15) is 9.18 Å². The summed E-state index contributed by atoms with van der Waals surface area (Å²) in [6.07, 6.45) is 2.33. The van der Waals surface area contributed by atoms with E-state index in [-0.39, 0.29) is 11.4 Å². The lowest BCUT2D eigenvalue weighted by Gasteiger charge is -2.07. The molecule has 0 aliphatic heterocycles. The predicted molar refractivity (Wildman–Crippen MR) is 60.2 cm³/mol. The van der Waals surface area contributed by atoms with Gasteiger partial charge < -0.3 is 9.84 Å². The van der Waals surface area contributed by atoms with Crippen LogP contribution in [0.3, 0.4) is 0 Å². The number of aromatic carboxylic acids is 1. The minimum Gasteiger partial charge on any atom is -0.477 e. The van der Waals surface area contributed by atoms with E-state index < -0.39 is 11.8 Å². The van der Waals surface area contributed by atoms with Gasteiger partial charge in [0.1, 0.15) is 17.1 Å². The SMILES string of the molecule is Cc1ccc(Oc2ncc(F)cc2C(=O)O)cn1. The van der Waals surface area contributed by atoms with E-state index in [0.29, 0.717) is 5.75 Å². The first-order chi connectivity index (χ1) is 8.56. The lowest BCUT2D eigenvalue weighted by molar-refractivity contribution is 0.0692. The Labute approximate surface area is 102 Å². The standard InChI is InChI=1S/C12H9FN2O3/c1-7-2-3-9(6-14-7)18-11-10(12(16)17)4-8(13)5-15-11/h2-6H,1H3,(H,16,17). The van der Waals surface area contributed by atoms with Gasteiger partial charge in [-0.25, -0.2) is 14.2 Å². The van der Waals surface area contributed by atoms with Gasteiger partial charge in [-0.05, 0) is 25.1 Å². The fourth-order valence-corrected chi connectivity index (χ4v) is 1.29. The summed E-state index contributed by atoms with van der Waals surface area (Å²) in [6.45, 7) is 1.81. The van der Waals surface area contributed by atoms with E-state index >= 15 is 0 Å². The summed E-state index contributed by atoms with van der Waals surface area (Å²) in [5, 5.41) is 8.91. The van der Waals surface area contributed by atoms with Crippen molar-refractivity contribution in [3.8, 4) is 11.6 Å². The van der Waals surface area contributed by atoms with Crippen LogP contribution >= 0.6 is 0 Å². The second kappa shape index (κ2) is 4.79. The highest BCUT2D eigenvalue weighted by Crippen LogP contribution is 2.23. The van der Waals surface area contributed by atoms with Gasteiger partial charge in [-0.15, -0.1) is 0 Å². The Bertz CT molecular complexity index is 584. The largest absolute Gasteiger partial charge is 0.477 e. The molecule has 0 aliphatic rings. The van der Waals surface area contributed by atoms with Crippen molar-refractivity contribution in [3.63, 3.8) is 0 Å². The minimum absolute atomic E-state index is 0.172. The summed E-state index contributed by atoms with van der Waals surface area (Å²) < 4.78 is 18.2. The number of rotatable bonds is 3. The van der Waals surface area contributed by atoms with Gasteiger partial charge in [0.05, 0.1) is 12.4 Å². The lowest BCUT2D eigenvalue weighted by atomic mass is 10.2. The maximum absolute atomic E-state index is 12.9. The van der Waals surface area contributed by atoms with Gasteiger partial charge in [-0.2, -0.15) is 0 Å². The molecule has 0 atom stereocenters. The quantitative estimate of drug-likeness (QED) is 0.902. The fourth-order valence-electron chi connectivity index (χ4n) is 1.29. The van der Waals surface area contributed by atoms with Crippen molar-refractivity contribution < 1.29 is 19.0 Å². The van der Waals surface area contributed by atoms with Crippen LogP contribution in [0.15, 0.2) is 30.6 Å². The van der Waals surface area contributed by atoms with Crippen molar-refractivity contribution in [2.45, 2.75) is 6.92 Å². The third-order valence-corrected chi connectivity index (χ3v) is 2.15. The van der Waals surface area contributed by atoms with Crippen LogP contribution in [0.25, 0.3) is 0 Å². The van der Waals surface area contributed by atoms with Crippen molar-refractivity contribution in [2.75, 3.05) is 0 Å². The maximum atomic E-state index is 12.9. The van der Waals surface area contributed by atoms with Crippen LogP contribution in [-0.4, -0.2) is 21.0 Å². The molecule has 0 unspecified atom stereocenters. The highest BCUT2D eigenvalue weighted by molar-refractivity contribution is 5.90. The molecule has 92 valence electrons. The first kappa shape index (κ1) is 12.0. The molecule has 0 saturated carbocycles. The molecule has 0 amide bonds. The van der Waals surface area contributed by atoms with Gasteiger partial charge in [0.25, 0.3) is 0 Å². The predicted octanol–water partition coefficient (Wildman–Crippen LogP) is 2.41. The van der Waals surface area contributed by atoms with Crippen LogP contribution in [0.2, 0.25) is 0 Å². The number of carboxylic acids is 1. The molecule has 5 nitrogen and oxygen atoms in total. The van der Waals surface area contributed by atoms with Crippen LogP contribution in [0, 0.1) is 12.7 Å². The monoisotopic (exact) mass is 248 g/mol. The maximum Gasteiger partial charge on any atom is 0.341 e. The zero-order valence-corrected chi connectivity index (χ0v) is 9.42. The van der Waals surface area contributed by atoms with Crippen molar-refractivity contribution in [1.29, 1.82) is 0 Å². The Morgan fingerprint density at radius 3 is 2.72 bits per heavy atom. The molecule has 2 aromatic rings. The molecular formula is C12H9FN2O3. The molecule has 2 rings (SSSR count). The van der Waals surface area contributed by atoms with Crippen LogP contribution < -0.4 is 4.74 Å². The summed E-state index contributed by atoms with van der Waals surface area (Å²) in [7, 11) is 0. The third kappa shape index (κ3) is 2.60. The Morgan fingerprint density at radius 1 is 1.33 bits per heavy atom. The normalized spacial score (nSPS) is 10.1. The zero-order chi connectivity index (χ0) is 13.1. The highest BCUT2D eigenvalue weighted by Gasteiger charge is 2.15. The molecule has 0 aliphatic carbocycles. The number of ether oxygens (including phenoxy) is 1. The van der Waals surface area contributed by atoms with Crippen molar-refractivity contribution in [2.24, 2.45) is 0 Å². The first-order valence-electron chi connectivity index (χ1n) is 5.05. The molecular weight excluding hydrogens is 239 g/mol. The van der Waals surface area contributed by atoms with E-state index in [1.165, 1.54) is 6.20 Å². The van der Waals surface area contributed by atoms with Crippen LogP contribution in [0.4, 0.5) is 4.39 Å². The van der Waals surface area contributed by atoms with E-state index in [4.69, 9.17) is 9.84 Å². The average Bonchev–Trinajstić information content (AvgIpc) is 2.34. The first-order valence-corrected chi connectivity index (χ1v) is 5.05. The van der Waals surface area contributed by atoms with E-state index in [1.54, 1.807) is 12.1 Å². The van der Waals surface area contributed by atoms with Gasteiger partial charge in [0.2, 0.25) is 5.88 Å². The molecule has 6 heteroatoms. The van der Waals surface area contributed by atoms with Gasteiger partial charge in [0.15, 0.2) is 0 Å². The van der Waals surface area contributed by atoms with Crippen molar-refractivity contribution in [3.05, 3.63) is 47.7 Å². The molecule has 2 heterocycles. The Balaban J connectivity index is 2.34. The molecule has 0 aromatic carbocycles. The third-order valence-electron chi connectivity index (χ3n) is 2.15. The Morgan fingerprint density at radius 2 is 2.11 bits per heavy atom. The zero-order valence-electron chi connectivity index (χ0n) is 9.42. The lowest BCUT2D eigenvalue weighted by Crippen LogP contribution is -2.03. The molecule has 18 heavy (non-hydrogen) atoms. The van der Waals surface area contributed by atoms with Crippen LogP contribution in [0.1, 0.15) is 16.1 Å². The van der Waals surface area contributed by atoms with Crippen LogP contribution in [0.5, 0.6) is 11.6 Å². The number of nitrogens with zero attached hydrogens (tertiary/aromatic N) is 2. The average molecular weight is 248 g/mol. The number of pyridine rings is 2.